The highest BCUT2D eigenvalue weighted by molar-refractivity contribution is 5.98. The van der Waals surface area contributed by atoms with Crippen LogP contribution in [0.4, 0.5) is 0 Å². The van der Waals surface area contributed by atoms with Gasteiger partial charge < -0.3 is 15.9 Å². The second-order valence-electron chi connectivity index (χ2n) is 5.76. The molecular formula is C13H24N2O4. The molecule has 0 aromatic heterocycles. The summed E-state index contributed by atoms with van der Waals surface area (Å²) in [6.07, 6.45) is 0.112. The van der Waals surface area contributed by atoms with E-state index in [0.717, 1.165) is 6.42 Å². The molecule has 6 nitrogen and oxygen atoms in total. The van der Waals surface area contributed by atoms with Crippen LogP contribution in [0.25, 0.3) is 0 Å². The summed E-state index contributed by atoms with van der Waals surface area (Å²) in [5.41, 5.74) is 5.97. The molecule has 1 fully saturated rings. The third kappa shape index (κ3) is 4.89. The molecule has 0 saturated carbocycles. The van der Waals surface area contributed by atoms with Crippen molar-refractivity contribution in [3.8, 4) is 0 Å². The van der Waals surface area contributed by atoms with Crippen LogP contribution in [0.1, 0.15) is 39.5 Å². The minimum Gasteiger partial charge on any atom is -0.368 e. The van der Waals surface area contributed by atoms with E-state index < -0.39 is 24.0 Å². The van der Waals surface area contributed by atoms with Crippen molar-refractivity contribution in [1.82, 2.24) is 5.32 Å². The quantitative estimate of drug-likeness (QED) is 0.393. The predicted molar refractivity (Wildman–Crippen MR) is 69.6 cm³/mol. The van der Waals surface area contributed by atoms with Crippen LogP contribution < -0.4 is 11.1 Å². The van der Waals surface area contributed by atoms with Crippen LogP contribution >= 0.6 is 0 Å². The summed E-state index contributed by atoms with van der Waals surface area (Å²) in [7, 11) is 0. The number of nitrogens with one attached hydrogen (secondary N) is 1. The Kier molecular flexibility index (Phi) is 5.90. The normalized spacial score (nSPS) is 23.6. The van der Waals surface area contributed by atoms with Crippen LogP contribution in [-0.2, 0) is 9.59 Å². The summed E-state index contributed by atoms with van der Waals surface area (Å²) >= 11 is 0. The van der Waals surface area contributed by atoms with E-state index in [-0.39, 0.29) is 18.4 Å². The van der Waals surface area contributed by atoms with Gasteiger partial charge in [-0.1, -0.05) is 13.8 Å². The zero-order valence-electron chi connectivity index (χ0n) is 11.5. The predicted octanol–water partition coefficient (Wildman–Crippen LogP) is -0.270. The molecule has 1 aliphatic rings. The van der Waals surface area contributed by atoms with E-state index in [0.29, 0.717) is 18.8 Å². The van der Waals surface area contributed by atoms with Gasteiger partial charge in [0.2, 0.25) is 11.8 Å². The minimum absolute atomic E-state index is 0.183. The molecule has 110 valence electrons. The summed E-state index contributed by atoms with van der Waals surface area (Å²) in [6, 6.07) is -0.183. The molecule has 6 heteroatoms. The van der Waals surface area contributed by atoms with E-state index in [4.69, 9.17) is 5.73 Å². The average molecular weight is 272 g/mol. The number of aliphatic hydroxyl groups is 2. The topological polar surface area (TPSA) is 113 Å². The number of amides is 2. The molecule has 3 atom stereocenters. The lowest BCUT2D eigenvalue weighted by Crippen LogP contribution is -2.47. The molecule has 0 aromatic carbocycles. The van der Waals surface area contributed by atoms with Gasteiger partial charge in [0, 0.05) is 24.3 Å². The van der Waals surface area contributed by atoms with Crippen molar-refractivity contribution in [3.63, 3.8) is 0 Å². The number of hydrogen-bond acceptors (Lipinski definition) is 5. The summed E-state index contributed by atoms with van der Waals surface area (Å²) in [5.74, 6) is -1.50. The number of imide groups is 1. The van der Waals surface area contributed by atoms with Crippen molar-refractivity contribution in [3.05, 3.63) is 0 Å². The number of piperidine rings is 1. The first-order valence-electron chi connectivity index (χ1n) is 6.76. The van der Waals surface area contributed by atoms with Crippen molar-refractivity contribution < 1.29 is 19.8 Å². The highest BCUT2D eigenvalue weighted by atomic mass is 16.5. The molecule has 1 saturated heterocycles. The van der Waals surface area contributed by atoms with E-state index in [9.17, 15) is 19.8 Å². The highest BCUT2D eigenvalue weighted by Gasteiger charge is 2.37. The van der Waals surface area contributed by atoms with Crippen molar-refractivity contribution in [2.24, 2.45) is 23.5 Å². The van der Waals surface area contributed by atoms with E-state index in [1.54, 1.807) is 0 Å². The zero-order valence-corrected chi connectivity index (χ0v) is 11.5. The van der Waals surface area contributed by atoms with Crippen LogP contribution in [0.5, 0.6) is 0 Å². The van der Waals surface area contributed by atoms with Gasteiger partial charge in [0.1, 0.15) is 0 Å². The Morgan fingerprint density at radius 3 is 2.42 bits per heavy atom. The lowest BCUT2D eigenvalue weighted by Gasteiger charge is -2.32. The van der Waals surface area contributed by atoms with Gasteiger partial charge in [0.25, 0.3) is 0 Å². The maximum absolute atomic E-state index is 11.8. The molecule has 0 aromatic rings. The number of rotatable bonds is 6. The van der Waals surface area contributed by atoms with Crippen LogP contribution in [0, 0.1) is 17.8 Å². The molecule has 1 aliphatic heterocycles. The summed E-state index contributed by atoms with van der Waals surface area (Å²) in [4.78, 5) is 22.9. The van der Waals surface area contributed by atoms with Crippen LogP contribution in [0.2, 0.25) is 0 Å². The second kappa shape index (κ2) is 6.98. The Labute approximate surface area is 113 Å². The molecule has 3 unspecified atom stereocenters. The van der Waals surface area contributed by atoms with E-state index >= 15 is 0 Å². The maximum Gasteiger partial charge on any atom is 0.230 e. The number of nitrogens with two attached hydrogens (primary N) is 1. The second-order valence-corrected chi connectivity index (χ2v) is 5.76. The lowest BCUT2D eigenvalue weighted by molar-refractivity contribution is -0.148. The van der Waals surface area contributed by atoms with Gasteiger partial charge in [-0.05, 0) is 25.2 Å². The molecule has 1 rings (SSSR count). The van der Waals surface area contributed by atoms with E-state index in [2.05, 4.69) is 5.32 Å². The summed E-state index contributed by atoms with van der Waals surface area (Å²) in [5, 5.41) is 21.2. The summed E-state index contributed by atoms with van der Waals surface area (Å²) < 4.78 is 0. The first-order chi connectivity index (χ1) is 8.81. The van der Waals surface area contributed by atoms with Gasteiger partial charge in [0.05, 0.1) is 0 Å². The van der Waals surface area contributed by atoms with Gasteiger partial charge in [0.15, 0.2) is 6.29 Å². The van der Waals surface area contributed by atoms with Gasteiger partial charge >= 0.3 is 0 Å². The van der Waals surface area contributed by atoms with Crippen LogP contribution in [0.3, 0.4) is 0 Å². The fourth-order valence-electron chi connectivity index (χ4n) is 2.66. The number of hydrogen-bond donors (Lipinski definition) is 4. The fourth-order valence-corrected chi connectivity index (χ4v) is 2.66. The Balaban J connectivity index is 2.66. The Morgan fingerprint density at radius 2 is 1.95 bits per heavy atom. The number of carbonyl (C=O) groups is 2. The van der Waals surface area contributed by atoms with Crippen molar-refractivity contribution in [1.29, 1.82) is 0 Å². The van der Waals surface area contributed by atoms with E-state index in [1.807, 2.05) is 13.8 Å². The molecule has 19 heavy (non-hydrogen) atoms. The number of carbonyl (C=O) groups excluding carboxylic acids is 2. The van der Waals surface area contributed by atoms with Gasteiger partial charge in [-0.3, -0.25) is 14.9 Å². The first-order valence-corrected chi connectivity index (χ1v) is 6.76. The Hall–Kier alpha value is -0.980. The monoisotopic (exact) mass is 272 g/mol. The molecule has 2 amide bonds. The van der Waals surface area contributed by atoms with Crippen molar-refractivity contribution in [2.75, 3.05) is 0 Å². The molecule has 0 radical (unpaired) electrons. The van der Waals surface area contributed by atoms with Gasteiger partial charge in [-0.25, -0.2) is 0 Å². The standard InChI is InChI=1S/C13H24N2O4/c1-7(2)5-8(14)6-10(13(18)19)9-3-4-11(16)15-12(9)17/h7-10,13,18-19H,3-6,14H2,1-2H3,(H,15,16,17). The van der Waals surface area contributed by atoms with Gasteiger partial charge in [-0.15, -0.1) is 0 Å². The highest BCUT2D eigenvalue weighted by Crippen LogP contribution is 2.28. The van der Waals surface area contributed by atoms with Crippen molar-refractivity contribution in [2.45, 2.75) is 51.9 Å². The molecule has 0 bridgehead atoms. The molecule has 0 aliphatic carbocycles. The molecule has 0 spiro atoms. The Morgan fingerprint density at radius 1 is 1.32 bits per heavy atom. The van der Waals surface area contributed by atoms with Gasteiger partial charge in [-0.2, -0.15) is 0 Å². The van der Waals surface area contributed by atoms with Crippen molar-refractivity contribution >= 4 is 11.8 Å². The minimum atomic E-state index is -1.60. The SMILES string of the molecule is CC(C)CC(N)CC(C(O)O)C1CCC(=O)NC1=O. The third-order valence-electron chi connectivity index (χ3n) is 3.53. The zero-order chi connectivity index (χ0) is 14.6. The molecule has 1 heterocycles. The average Bonchev–Trinajstić information content (AvgIpc) is 2.25. The molecule has 5 N–H and O–H groups in total. The number of aliphatic hydroxyl groups excluding tert-OH is 1. The van der Waals surface area contributed by atoms with Crippen LogP contribution in [-0.4, -0.2) is 34.4 Å². The Bertz CT molecular complexity index is 331. The largest absolute Gasteiger partial charge is 0.368 e. The lowest BCUT2D eigenvalue weighted by atomic mass is 9.80. The summed E-state index contributed by atoms with van der Waals surface area (Å²) in [6.45, 7) is 4.08. The smallest absolute Gasteiger partial charge is 0.230 e. The maximum atomic E-state index is 11.8. The first kappa shape index (κ1) is 16.1. The fraction of sp³-hybridized carbons (Fsp3) is 0.846. The van der Waals surface area contributed by atoms with Crippen LogP contribution in [0.15, 0.2) is 0 Å². The third-order valence-corrected chi connectivity index (χ3v) is 3.53. The van der Waals surface area contributed by atoms with E-state index in [1.165, 1.54) is 0 Å². The molecular weight excluding hydrogens is 248 g/mol.